The molecule has 0 N–H and O–H groups in total. The molecule has 4 rings (SSSR count). The van der Waals surface area contributed by atoms with Gasteiger partial charge in [-0.25, -0.2) is 12.9 Å². The van der Waals surface area contributed by atoms with Gasteiger partial charge in [-0.2, -0.15) is 8.78 Å². The van der Waals surface area contributed by atoms with Crippen molar-refractivity contribution in [1.29, 1.82) is 0 Å². The minimum atomic E-state index is -2.90. The maximum Gasteiger partial charge on any atom is 0.314 e. The Labute approximate surface area is 186 Å². The molecule has 2 aromatic carbocycles. The van der Waals surface area contributed by atoms with Crippen LogP contribution < -0.4 is 4.31 Å². The number of benzene rings is 2. The summed E-state index contributed by atoms with van der Waals surface area (Å²) in [7, 11) is 2.01. The van der Waals surface area contributed by atoms with Gasteiger partial charge in [0.2, 0.25) is 5.89 Å². The molecule has 1 saturated heterocycles. The second-order valence-electron chi connectivity index (χ2n) is 7.39. The van der Waals surface area contributed by atoms with E-state index in [0.29, 0.717) is 24.3 Å². The molecule has 11 heteroatoms. The van der Waals surface area contributed by atoms with E-state index in [2.05, 4.69) is 15.1 Å². The summed E-state index contributed by atoms with van der Waals surface area (Å²) in [6.07, 6.45) is -2.90. The fourth-order valence-electron chi connectivity index (χ4n) is 3.32. The molecule has 7 nitrogen and oxygen atoms in total. The zero-order valence-corrected chi connectivity index (χ0v) is 18.1. The molecule has 0 aliphatic carbocycles. The standard InChI is InChI=1S/C21H22F3N5O2S/c1-27-9-11-28(12-10-27)32(30)29(17-5-3-2-4-6-17)14-16-8-7-15(13-18(16)22)20-25-26-21(31-20)19(23)24/h2-8,13,19H,9-12,14H2,1H3. The number of rotatable bonds is 7. The molecule has 1 unspecified atom stereocenters. The van der Waals surface area contributed by atoms with Crippen molar-refractivity contribution in [1.82, 2.24) is 19.4 Å². The van der Waals surface area contributed by atoms with Crippen molar-refractivity contribution in [2.75, 3.05) is 37.5 Å². The SMILES string of the molecule is CN1CCN(S(=O)N(Cc2ccc(-c3nnc(C(F)F)o3)cc2F)c2ccccc2)CC1. The molecule has 1 aliphatic heterocycles. The number of halogens is 3. The third-order valence-corrected chi connectivity index (χ3v) is 6.68. The lowest BCUT2D eigenvalue weighted by atomic mass is 10.1. The number of alkyl halides is 2. The van der Waals surface area contributed by atoms with Gasteiger partial charge in [-0.15, -0.1) is 10.2 Å². The number of hydrogen-bond acceptors (Lipinski definition) is 5. The maximum atomic E-state index is 15.0. The van der Waals surface area contributed by atoms with Gasteiger partial charge in [-0.1, -0.05) is 24.3 Å². The first kappa shape index (κ1) is 22.4. The predicted octanol–water partition coefficient (Wildman–Crippen LogP) is 3.65. The molecule has 2 heterocycles. The minimum Gasteiger partial charge on any atom is -0.415 e. The number of aromatic nitrogens is 2. The third-order valence-electron chi connectivity index (χ3n) is 5.16. The molecular formula is C21H22F3N5O2S. The highest BCUT2D eigenvalue weighted by Gasteiger charge is 2.26. The van der Waals surface area contributed by atoms with Crippen molar-refractivity contribution in [3.63, 3.8) is 0 Å². The van der Waals surface area contributed by atoms with Crippen LogP contribution in [0.4, 0.5) is 18.9 Å². The van der Waals surface area contributed by atoms with Gasteiger partial charge < -0.3 is 9.32 Å². The molecule has 170 valence electrons. The van der Waals surface area contributed by atoms with Gasteiger partial charge >= 0.3 is 6.43 Å². The van der Waals surface area contributed by atoms with Crippen LogP contribution in [0.25, 0.3) is 11.5 Å². The molecule has 1 aliphatic rings. The number of anilines is 1. The van der Waals surface area contributed by atoms with Crippen molar-refractivity contribution in [2.24, 2.45) is 0 Å². The van der Waals surface area contributed by atoms with E-state index in [1.807, 2.05) is 41.7 Å². The summed E-state index contributed by atoms with van der Waals surface area (Å²) in [4.78, 5) is 2.16. The normalized spacial score (nSPS) is 16.4. The second kappa shape index (κ2) is 9.80. The zero-order chi connectivity index (χ0) is 22.7. The molecule has 3 aromatic rings. The molecule has 0 bridgehead atoms. The Hall–Kier alpha value is -2.76. The number of nitrogens with zero attached hydrogens (tertiary/aromatic N) is 5. The van der Waals surface area contributed by atoms with Gasteiger partial charge in [-0.3, -0.25) is 4.31 Å². The molecule has 32 heavy (non-hydrogen) atoms. The highest BCUT2D eigenvalue weighted by atomic mass is 32.2. The van der Waals surface area contributed by atoms with Crippen molar-refractivity contribution < 1.29 is 21.8 Å². The van der Waals surface area contributed by atoms with Crippen LogP contribution in [0.15, 0.2) is 52.9 Å². The summed E-state index contributed by atoms with van der Waals surface area (Å²) >= 11 is -1.51. The Kier molecular flexibility index (Phi) is 6.87. The van der Waals surface area contributed by atoms with Gasteiger partial charge in [0.25, 0.3) is 5.89 Å². The quantitative estimate of drug-likeness (QED) is 0.533. The van der Waals surface area contributed by atoms with Crippen LogP contribution in [0.3, 0.4) is 0 Å². The van der Waals surface area contributed by atoms with Crippen LogP contribution in [-0.4, -0.2) is 56.8 Å². The lowest BCUT2D eigenvalue weighted by molar-refractivity contribution is 0.116. The Bertz CT molecular complexity index is 1070. The Morgan fingerprint density at radius 2 is 1.81 bits per heavy atom. The van der Waals surface area contributed by atoms with Gasteiger partial charge in [0.05, 0.1) is 12.2 Å². The van der Waals surface area contributed by atoms with Gasteiger partial charge in [0.15, 0.2) is 11.2 Å². The maximum absolute atomic E-state index is 15.0. The van der Waals surface area contributed by atoms with E-state index in [0.717, 1.165) is 19.2 Å². The van der Waals surface area contributed by atoms with Crippen LogP contribution in [0.1, 0.15) is 17.9 Å². The number of piperazine rings is 1. The average molecular weight is 466 g/mol. The smallest absolute Gasteiger partial charge is 0.314 e. The second-order valence-corrected chi connectivity index (χ2v) is 8.81. The summed E-state index contributed by atoms with van der Waals surface area (Å²) in [6, 6.07) is 13.3. The summed E-state index contributed by atoms with van der Waals surface area (Å²) in [5, 5.41) is 6.82. The zero-order valence-electron chi connectivity index (χ0n) is 17.3. The van der Waals surface area contributed by atoms with Crippen molar-refractivity contribution in [3.8, 4) is 11.5 Å². The third kappa shape index (κ3) is 5.00. The first-order valence-corrected chi connectivity index (χ1v) is 11.1. The number of likely N-dealkylation sites (N-methyl/N-ethyl adjacent to an activating group) is 1. The average Bonchev–Trinajstić information content (AvgIpc) is 3.30. The Morgan fingerprint density at radius 3 is 2.44 bits per heavy atom. The molecule has 1 atom stereocenters. The van der Waals surface area contributed by atoms with Gasteiger partial charge in [0.1, 0.15) is 5.82 Å². The summed E-state index contributed by atoms with van der Waals surface area (Å²) in [6.45, 7) is 2.92. The topological polar surface area (TPSA) is 65.7 Å². The lowest BCUT2D eigenvalue weighted by Crippen LogP contribution is -2.49. The van der Waals surface area contributed by atoms with Crippen LogP contribution >= 0.6 is 0 Å². The first-order valence-electron chi connectivity index (χ1n) is 10.0. The highest BCUT2D eigenvalue weighted by Crippen LogP contribution is 2.27. The number of para-hydroxylation sites is 1. The van der Waals surface area contributed by atoms with E-state index in [-0.39, 0.29) is 18.0 Å². The molecular weight excluding hydrogens is 443 g/mol. The van der Waals surface area contributed by atoms with E-state index < -0.39 is 29.3 Å². The van der Waals surface area contributed by atoms with Crippen LogP contribution in [0.2, 0.25) is 0 Å². The fourth-order valence-corrected chi connectivity index (χ4v) is 4.62. The highest BCUT2D eigenvalue weighted by molar-refractivity contribution is 7.84. The predicted molar refractivity (Wildman–Crippen MR) is 114 cm³/mol. The Morgan fingerprint density at radius 1 is 1.09 bits per heavy atom. The Balaban J connectivity index is 1.58. The molecule has 0 spiro atoms. The van der Waals surface area contributed by atoms with Crippen molar-refractivity contribution >= 4 is 16.9 Å². The molecule has 0 amide bonds. The number of hydrogen-bond donors (Lipinski definition) is 0. The van der Waals surface area contributed by atoms with Crippen LogP contribution in [0.5, 0.6) is 0 Å². The van der Waals surface area contributed by atoms with Gasteiger partial charge in [0, 0.05) is 37.3 Å². The summed E-state index contributed by atoms with van der Waals surface area (Å²) in [5.74, 6) is -1.59. The first-order chi connectivity index (χ1) is 15.4. The molecule has 1 fully saturated rings. The summed E-state index contributed by atoms with van der Waals surface area (Å²) in [5.41, 5.74) is 1.19. The largest absolute Gasteiger partial charge is 0.415 e. The van der Waals surface area contributed by atoms with E-state index in [1.54, 1.807) is 4.31 Å². The lowest BCUT2D eigenvalue weighted by Gasteiger charge is -2.35. The van der Waals surface area contributed by atoms with Crippen LogP contribution in [-0.2, 0) is 17.7 Å². The molecule has 0 radical (unpaired) electrons. The summed E-state index contributed by atoms with van der Waals surface area (Å²) < 4.78 is 62.1. The van der Waals surface area contributed by atoms with E-state index in [9.17, 15) is 17.4 Å². The van der Waals surface area contributed by atoms with Crippen molar-refractivity contribution in [3.05, 3.63) is 65.8 Å². The fraction of sp³-hybridized carbons (Fsp3) is 0.333. The van der Waals surface area contributed by atoms with Crippen molar-refractivity contribution in [2.45, 2.75) is 13.0 Å². The van der Waals surface area contributed by atoms with E-state index in [1.165, 1.54) is 12.1 Å². The van der Waals surface area contributed by atoms with E-state index in [4.69, 9.17) is 4.42 Å². The molecule has 0 saturated carbocycles. The van der Waals surface area contributed by atoms with Gasteiger partial charge in [-0.05, 0) is 31.3 Å². The van der Waals surface area contributed by atoms with E-state index >= 15 is 0 Å². The minimum absolute atomic E-state index is 0.0567. The monoisotopic (exact) mass is 465 g/mol. The van der Waals surface area contributed by atoms with Crippen LogP contribution in [0, 0.1) is 5.82 Å². The molecule has 1 aromatic heterocycles.